The minimum Gasteiger partial charge on any atom is -0.264 e. The van der Waals surface area contributed by atoms with Crippen molar-refractivity contribution < 1.29 is 0 Å². The summed E-state index contributed by atoms with van der Waals surface area (Å²) in [5.41, 5.74) is 2.19. The Morgan fingerprint density at radius 3 is 1.56 bits per heavy atom. The average Bonchev–Trinajstić information content (AvgIpc) is 2.45. The lowest BCUT2D eigenvalue weighted by Crippen LogP contribution is -1.72. The molecule has 2 nitrogen and oxygen atoms in total. The van der Waals surface area contributed by atoms with Gasteiger partial charge in [-0.3, -0.25) is 9.97 Å². The topological polar surface area (TPSA) is 25.8 Å². The lowest BCUT2D eigenvalue weighted by molar-refractivity contribution is 1.32. The molecule has 0 radical (unpaired) electrons. The Kier molecular flexibility index (Phi) is 4.64. The monoisotopic (exact) mass is 234 g/mol. The van der Waals surface area contributed by atoms with Crippen LogP contribution in [0.3, 0.4) is 0 Å². The minimum absolute atomic E-state index is 1.10. The Bertz CT molecular complexity index is 488. The number of rotatable bonds is 4. The molecular weight excluding hydrogens is 220 g/mol. The Morgan fingerprint density at radius 1 is 0.667 bits per heavy atom. The Hall–Kier alpha value is -2.48. The fourth-order valence-corrected chi connectivity index (χ4v) is 1.41. The van der Waals surface area contributed by atoms with E-state index in [9.17, 15) is 0 Å². The smallest absolute Gasteiger partial charge is 0.0340 e. The molecule has 88 valence electrons. The van der Waals surface area contributed by atoms with Gasteiger partial charge in [0.1, 0.15) is 0 Å². The van der Waals surface area contributed by atoms with E-state index in [1.165, 1.54) is 0 Å². The summed E-state index contributed by atoms with van der Waals surface area (Å²) >= 11 is 0. The van der Waals surface area contributed by atoms with Gasteiger partial charge in [0.15, 0.2) is 0 Å². The third-order valence-corrected chi connectivity index (χ3v) is 2.28. The molecule has 18 heavy (non-hydrogen) atoms. The van der Waals surface area contributed by atoms with E-state index in [0.717, 1.165) is 11.1 Å². The number of pyridine rings is 2. The van der Waals surface area contributed by atoms with Crippen molar-refractivity contribution in [3.63, 3.8) is 0 Å². The molecule has 0 atom stereocenters. The van der Waals surface area contributed by atoms with Gasteiger partial charge in [0.25, 0.3) is 0 Å². The number of aromatic nitrogens is 2. The van der Waals surface area contributed by atoms with Crippen LogP contribution in [0.1, 0.15) is 11.1 Å². The van der Waals surface area contributed by atoms with Gasteiger partial charge in [-0.15, -0.1) is 0 Å². The van der Waals surface area contributed by atoms with Crippen molar-refractivity contribution in [2.24, 2.45) is 0 Å². The van der Waals surface area contributed by atoms with Crippen LogP contribution in [0.5, 0.6) is 0 Å². The first-order chi connectivity index (χ1) is 8.95. The van der Waals surface area contributed by atoms with Crippen LogP contribution in [0.25, 0.3) is 12.2 Å². The number of hydrogen-bond acceptors (Lipinski definition) is 2. The van der Waals surface area contributed by atoms with Crippen molar-refractivity contribution in [1.29, 1.82) is 0 Å². The van der Waals surface area contributed by atoms with Crippen molar-refractivity contribution in [3.05, 3.63) is 84.5 Å². The van der Waals surface area contributed by atoms with Crippen LogP contribution in [-0.2, 0) is 0 Å². The van der Waals surface area contributed by atoms with E-state index in [4.69, 9.17) is 0 Å². The first-order valence-electron chi connectivity index (χ1n) is 5.76. The van der Waals surface area contributed by atoms with Gasteiger partial charge < -0.3 is 0 Å². The maximum Gasteiger partial charge on any atom is 0.0340 e. The number of nitrogens with zero attached hydrogens (tertiary/aromatic N) is 2. The van der Waals surface area contributed by atoms with Crippen LogP contribution in [0.15, 0.2) is 73.4 Å². The van der Waals surface area contributed by atoms with Gasteiger partial charge in [-0.25, -0.2) is 0 Å². The van der Waals surface area contributed by atoms with Gasteiger partial charge in [-0.05, 0) is 23.3 Å². The quantitative estimate of drug-likeness (QED) is 0.753. The van der Waals surface area contributed by atoms with E-state index in [0.29, 0.717) is 0 Å². The van der Waals surface area contributed by atoms with E-state index < -0.39 is 0 Å². The highest BCUT2D eigenvalue weighted by atomic mass is 14.6. The van der Waals surface area contributed by atoms with Crippen LogP contribution in [0.2, 0.25) is 0 Å². The lowest BCUT2D eigenvalue weighted by Gasteiger charge is -1.88. The van der Waals surface area contributed by atoms with Gasteiger partial charge in [-0.1, -0.05) is 48.6 Å². The molecule has 0 aliphatic carbocycles. The summed E-state index contributed by atoms with van der Waals surface area (Å²) in [4.78, 5) is 8.09. The summed E-state index contributed by atoms with van der Waals surface area (Å²) in [7, 11) is 0. The third-order valence-electron chi connectivity index (χ3n) is 2.28. The Labute approximate surface area is 107 Å². The molecule has 0 saturated carbocycles. The SMILES string of the molecule is C(=C\C=C\c1cccnc1)/C=C/c1cccnc1. The van der Waals surface area contributed by atoms with E-state index in [-0.39, 0.29) is 0 Å². The molecule has 0 aliphatic heterocycles. The minimum atomic E-state index is 1.10. The predicted molar refractivity (Wildman–Crippen MR) is 75.7 cm³/mol. The van der Waals surface area contributed by atoms with Crippen molar-refractivity contribution in [2.75, 3.05) is 0 Å². The van der Waals surface area contributed by atoms with Crippen LogP contribution < -0.4 is 0 Å². The van der Waals surface area contributed by atoms with E-state index in [1.54, 1.807) is 12.4 Å². The molecule has 0 fully saturated rings. The van der Waals surface area contributed by atoms with Crippen molar-refractivity contribution >= 4 is 12.2 Å². The van der Waals surface area contributed by atoms with Gasteiger partial charge in [0.05, 0.1) is 0 Å². The second kappa shape index (κ2) is 6.97. The molecule has 0 aliphatic rings. The standard InChI is InChI=1S/C16H14N2/c1(3-7-15-9-5-11-17-13-15)2-4-8-16-10-6-12-18-14-16/h1-14H/b2-1+,7-3+,8-4+. The summed E-state index contributed by atoms with van der Waals surface area (Å²) < 4.78 is 0. The van der Waals surface area contributed by atoms with Crippen LogP contribution >= 0.6 is 0 Å². The normalized spacial score (nSPS) is 11.8. The summed E-state index contributed by atoms with van der Waals surface area (Å²) in [6.45, 7) is 0. The molecule has 0 aromatic carbocycles. The summed E-state index contributed by atoms with van der Waals surface area (Å²) in [6, 6.07) is 7.88. The van der Waals surface area contributed by atoms with Crippen LogP contribution in [-0.4, -0.2) is 9.97 Å². The molecule has 2 heteroatoms. The van der Waals surface area contributed by atoms with Crippen molar-refractivity contribution in [2.45, 2.75) is 0 Å². The molecule has 2 heterocycles. The van der Waals surface area contributed by atoms with E-state index in [1.807, 2.05) is 73.1 Å². The van der Waals surface area contributed by atoms with Crippen molar-refractivity contribution in [1.82, 2.24) is 9.97 Å². The molecule has 0 spiro atoms. The largest absolute Gasteiger partial charge is 0.264 e. The highest BCUT2D eigenvalue weighted by Gasteiger charge is 1.81. The lowest BCUT2D eigenvalue weighted by atomic mass is 10.2. The first kappa shape index (κ1) is 12.0. The summed E-state index contributed by atoms with van der Waals surface area (Å²) in [6.07, 6.45) is 19.2. The second-order valence-corrected chi connectivity index (χ2v) is 3.68. The molecule has 0 amide bonds. The van der Waals surface area contributed by atoms with Crippen molar-refractivity contribution in [3.8, 4) is 0 Å². The fraction of sp³-hybridized carbons (Fsp3) is 0. The zero-order chi connectivity index (χ0) is 12.5. The van der Waals surface area contributed by atoms with Gasteiger partial charge in [0.2, 0.25) is 0 Å². The molecule has 0 bridgehead atoms. The van der Waals surface area contributed by atoms with Gasteiger partial charge in [-0.2, -0.15) is 0 Å². The molecule has 0 saturated heterocycles. The summed E-state index contributed by atoms with van der Waals surface area (Å²) in [5, 5.41) is 0. The fourth-order valence-electron chi connectivity index (χ4n) is 1.41. The average molecular weight is 234 g/mol. The molecule has 2 rings (SSSR count). The van der Waals surface area contributed by atoms with E-state index >= 15 is 0 Å². The predicted octanol–water partition coefficient (Wildman–Crippen LogP) is 3.76. The highest BCUT2D eigenvalue weighted by molar-refractivity contribution is 5.52. The van der Waals surface area contributed by atoms with E-state index in [2.05, 4.69) is 9.97 Å². The maximum atomic E-state index is 4.04. The molecule has 0 unspecified atom stereocenters. The zero-order valence-corrected chi connectivity index (χ0v) is 9.98. The highest BCUT2D eigenvalue weighted by Crippen LogP contribution is 2.00. The second-order valence-electron chi connectivity index (χ2n) is 3.68. The third kappa shape index (κ3) is 4.18. The Balaban J connectivity index is 1.86. The van der Waals surface area contributed by atoms with Crippen LogP contribution in [0, 0.1) is 0 Å². The molecule has 0 N–H and O–H groups in total. The molecule has 2 aromatic heterocycles. The number of hydrogen-bond donors (Lipinski definition) is 0. The zero-order valence-electron chi connectivity index (χ0n) is 9.98. The van der Waals surface area contributed by atoms with Gasteiger partial charge in [0, 0.05) is 24.8 Å². The molecule has 2 aromatic rings. The molecular formula is C16H14N2. The summed E-state index contributed by atoms with van der Waals surface area (Å²) in [5.74, 6) is 0. The van der Waals surface area contributed by atoms with Gasteiger partial charge >= 0.3 is 0 Å². The first-order valence-corrected chi connectivity index (χ1v) is 5.76. The Morgan fingerprint density at radius 2 is 1.17 bits per heavy atom. The maximum absolute atomic E-state index is 4.04. The number of allylic oxidation sites excluding steroid dienone is 4. The van der Waals surface area contributed by atoms with Crippen LogP contribution in [0.4, 0.5) is 0 Å².